The number of carbonyl (C=O) groups excluding carboxylic acids is 2. The molecule has 0 heterocycles. The van der Waals surface area contributed by atoms with E-state index in [0.717, 1.165) is 5.56 Å². The number of amides is 2. The maximum absolute atomic E-state index is 11.8. The first-order chi connectivity index (χ1) is 11.9. The number of hydrogen-bond acceptors (Lipinski definition) is 4. The number of nitrogens with one attached hydrogen (secondary N) is 2. The molecule has 0 spiro atoms. The Hall–Kier alpha value is -2.57. The summed E-state index contributed by atoms with van der Waals surface area (Å²) < 4.78 is 5.04. The molecule has 0 aliphatic rings. The van der Waals surface area contributed by atoms with Crippen molar-refractivity contribution < 1.29 is 14.3 Å². The molecule has 0 fully saturated rings. The van der Waals surface area contributed by atoms with Crippen molar-refractivity contribution in [3.8, 4) is 5.75 Å². The lowest BCUT2D eigenvalue weighted by molar-refractivity contribution is -0.136. The van der Waals surface area contributed by atoms with Crippen LogP contribution < -0.4 is 15.5 Å². The van der Waals surface area contributed by atoms with Crippen molar-refractivity contribution in [3.05, 3.63) is 57.6 Å². The average Bonchev–Trinajstić information content (AvgIpc) is 2.54. The number of anilines is 1. The smallest absolute Gasteiger partial charge is 0.329 e. The summed E-state index contributed by atoms with van der Waals surface area (Å²) in [7, 11) is 1.45. The molecular weight excluding hydrogens is 365 g/mol. The summed E-state index contributed by atoms with van der Waals surface area (Å²) in [6.07, 6.45) is 1.31. The van der Waals surface area contributed by atoms with Crippen LogP contribution >= 0.6 is 23.2 Å². The normalized spacial score (nSPS) is 10.6. The van der Waals surface area contributed by atoms with Crippen molar-refractivity contribution in [1.82, 2.24) is 5.43 Å². The Morgan fingerprint density at radius 1 is 1.12 bits per heavy atom. The summed E-state index contributed by atoms with van der Waals surface area (Å²) in [5, 5.41) is 6.81. The zero-order valence-corrected chi connectivity index (χ0v) is 15.0. The van der Waals surface area contributed by atoms with Gasteiger partial charge in [-0.2, -0.15) is 5.10 Å². The fraction of sp³-hybridized carbons (Fsp3) is 0.118. The Bertz CT molecular complexity index is 815. The molecule has 0 aromatic heterocycles. The van der Waals surface area contributed by atoms with Crippen molar-refractivity contribution >= 4 is 46.9 Å². The lowest BCUT2D eigenvalue weighted by atomic mass is 10.2. The van der Waals surface area contributed by atoms with Gasteiger partial charge < -0.3 is 10.1 Å². The fourth-order valence-electron chi connectivity index (χ4n) is 1.98. The predicted octanol–water partition coefficient (Wildman–Crippen LogP) is 3.40. The van der Waals surface area contributed by atoms with Crippen LogP contribution in [0.5, 0.6) is 5.75 Å². The molecule has 2 amide bonds. The molecule has 25 heavy (non-hydrogen) atoms. The van der Waals surface area contributed by atoms with E-state index in [2.05, 4.69) is 15.8 Å². The molecule has 130 valence electrons. The summed E-state index contributed by atoms with van der Waals surface area (Å²) in [5.41, 5.74) is 4.16. The zero-order valence-electron chi connectivity index (χ0n) is 13.5. The number of nitrogens with zero attached hydrogens (tertiary/aromatic N) is 1. The highest BCUT2D eigenvalue weighted by Gasteiger charge is 2.13. The molecule has 0 bridgehead atoms. The fourth-order valence-corrected chi connectivity index (χ4v) is 2.63. The minimum atomic E-state index is -0.900. The SMILES string of the molecule is COc1c(Cl)cc(/C=N\NC(=O)C(=O)Nc2cccc(C)c2)cc1Cl. The van der Waals surface area contributed by atoms with Crippen LogP contribution in [0, 0.1) is 6.92 Å². The van der Waals surface area contributed by atoms with Crippen molar-refractivity contribution in [3.63, 3.8) is 0 Å². The van der Waals surface area contributed by atoms with Crippen molar-refractivity contribution in [2.45, 2.75) is 6.92 Å². The van der Waals surface area contributed by atoms with Gasteiger partial charge in [0.05, 0.1) is 23.4 Å². The number of methoxy groups -OCH3 is 1. The van der Waals surface area contributed by atoms with Gasteiger partial charge in [-0.1, -0.05) is 35.3 Å². The first-order valence-electron chi connectivity index (χ1n) is 7.15. The Kier molecular flexibility index (Phi) is 6.38. The van der Waals surface area contributed by atoms with Gasteiger partial charge in [-0.15, -0.1) is 0 Å². The summed E-state index contributed by atoms with van der Waals surface area (Å²) in [6.45, 7) is 1.88. The van der Waals surface area contributed by atoms with Gasteiger partial charge in [0.15, 0.2) is 5.75 Å². The Morgan fingerprint density at radius 3 is 2.40 bits per heavy atom. The van der Waals surface area contributed by atoms with Crippen molar-refractivity contribution in [2.75, 3.05) is 12.4 Å². The highest BCUT2D eigenvalue weighted by molar-refractivity contribution is 6.39. The van der Waals surface area contributed by atoms with Gasteiger partial charge in [-0.25, -0.2) is 5.43 Å². The maximum atomic E-state index is 11.8. The molecule has 0 aliphatic heterocycles. The first-order valence-corrected chi connectivity index (χ1v) is 7.90. The molecule has 2 N–H and O–H groups in total. The highest BCUT2D eigenvalue weighted by atomic mass is 35.5. The second kappa shape index (κ2) is 8.50. The first kappa shape index (κ1) is 18.8. The van der Waals surface area contributed by atoms with Crippen LogP contribution in [0.15, 0.2) is 41.5 Å². The van der Waals surface area contributed by atoms with E-state index in [1.54, 1.807) is 30.3 Å². The number of hydrazone groups is 1. The molecule has 0 saturated carbocycles. The van der Waals surface area contributed by atoms with Gasteiger partial charge in [0, 0.05) is 5.69 Å². The van der Waals surface area contributed by atoms with E-state index in [1.165, 1.54) is 13.3 Å². The number of aryl methyl sites for hydroxylation is 1. The number of carbonyl (C=O) groups is 2. The summed E-state index contributed by atoms with van der Waals surface area (Å²) >= 11 is 12.0. The van der Waals surface area contributed by atoms with E-state index in [-0.39, 0.29) is 0 Å². The molecule has 0 radical (unpaired) electrons. The molecular formula is C17H15Cl2N3O3. The van der Waals surface area contributed by atoms with Gasteiger partial charge in [-0.05, 0) is 42.3 Å². The Balaban J connectivity index is 1.97. The van der Waals surface area contributed by atoms with Crippen molar-refractivity contribution in [1.29, 1.82) is 0 Å². The summed E-state index contributed by atoms with van der Waals surface area (Å²) in [6, 6.07) is 10.2. The van der Waals surface area contributed by atoms with Gasteiger partial charge >= 0.3 is 11.8 Å². The van der Waals surface area contributed by atoms with E-state index < -0.39 is 11.8 Å². The topological polar surface area (TPSA) is 79.8 Å². The Morgan fingerprint density at radius 2 is 1.80 bits per heavy atom. The van der Waals surface area contributed by atoms with Crippen LogP contribution in [-0.2, 0) is 9.59 Å². The third-order valence-electron chi connectivity index (χ3n) is 3.09. The van der Waals surface area contributed by atoms with E-state index in [0.29, 0.717) is 27.0 Å². The predicted molar refractivity (Wildman–Crippen MR) is 98.6 cm³/mol. The Labute approximate surface area is 154 Å². The second-order valence-corrected chi connectivity index (χ2v) is 5.85. The number of ether oxygens (including phenoxy) is 1. The van der Waals surface area contributed by atoms with Crippen LogP contribution in [0.2, 0.25) is 10.0 Å². The molecule has 0 atom stereocenters. The van der Waals surface area contributed by atoms with Crippen LogP contribution in [0.25, 0.3) is 0 Å². The van der Waals surface area contributed by atoms with E-state index >= 15 is 0 Å². The van der Waals surface area contributed by atoms with Crippen LogP contribution in [0.3, 0.4) is 0 Å². The van der Waals surface area contributed by atoms with Crippen molar-refractivity contribution in [2.24, 2.45) is 5.10 Å². The molecule has 0 unspecified atom stereocenters. The van der Waals surface area contributed by atoms with E-state index in [4.69, 9.17) is 27.9 Å². The van der Waals surface area contributed by atoms with Gasteiger partial charge in [0.25, 0.3) is 0 Å². The number of hydrogen-bond donors (Lipinski definition) is 2. The van der Waals surface area contributed by atoms with Gasteiger partial charge in [-0.3, -0.25) is 9.59 Å². The standard InChI is InChI=1S/C17H15Cl2N3O3/c1-10-4-3-5-12(6-10)21-16(23)17(24)22-20-9-11-7-13(18)15(25-2)14(19)8-11/h3-9H,1-2H3,(H,21,23)(H,22,24)/b20-9-. The zero-order chi connectivity index (χ0) is 18.4. The lowest BCUT2D eigenvalue weighted by Gasteiger charge is -2.06. The molecule has 2 aromatic carbocycles. The van der Waals surface area contributed by atoms with Crippen LogP contribution in [-0.4, -0.2) is 25.1 Å². The van der Waals surface area contributed by atoms with E-state index in [9.17, 15) is 9.59 Å². The lowest BCUT2D eigenvalue weighted by Crippen LogP contribution is -2.32. The molecule has 0 saturated heterocycles. The average molecular weight is 380 g/mol. The van der Waals surface area contributed by atoms with Crippen LogP contribution in [0.4, 0.5) is 5.69 Å². The minimum Gasteiger partial charge on any atom is -0.494 e. The monoisotopic (exact) mass is 379 g/mol. The molecule has 2 aromatic rings. The third-order valence-corrected chi connectivity index (χ3v) is 3.65. The molecule has 8 heteroatoms. The number of halogens is 2. The van der Waals surface area contributed by atoms with Gasteiger partial charge in [0.1, 0.15) is 0 Å². The molecule has 0 aliphatic carbocycles. The number of rotatable bonds is 4. The third kappa shape index (κ3) is 5.20. The number of benzene rings is 2. The second-order valence-electron chi connectivity index (χ2n) is 5.04. The maximum Gasteiger partial charge on any atom is 0.329 e. The molecule has 6 nitrogen and oxygen atoms in total. The van der Waals surface area contributed by atoms with E-state index in [1.807, 2.05) is 13.0 Å². The highest BCUT2D eigenvalue weighted by Crippen LogP contribution is 2.33. The van der Waals surface area contributed by atoms with Gasteiger partial charge in [0.2, 0.25) is 0 Å². The minimum absolute atomic E-state index is 0.306. The quantitative estimate of drug-likeness (QED) is 0.485. The largest absolute Gasteiger partial charge is 0.494 e. The summed E-state index contributed by atoms with van der Waals surface area (Å²) in [5.74, 6) is -1.38. The molecule has 2 rings (SSSR count). The van der Waals surface area contributed by atoms with Crippen LogP contribution in [0.1, 0.15) is 11.1 Å². The summed E-state index contributed by atoms with van der Waals surface area (Å²) in [4.78, 5) is 23.5.